The lowest BCUT2D eigenvalue weighted by atomic mass is 9.99. The number of nitrogens with zero attached hydrogens (tertiary/aromatic N) is 3. The van der Waals surface area contributed by atoms with Crippen molar-refractivity contribution in [1.82, 2.24) is 13.8 Å². The SMILES string of the molecule is CCn1c(CN2Cc3ccccc3C2)ccc(OCC2CCN(S(=O)(=O)O)CC2)c1=O. The Morgan fingerprint density at radius 3 is 2.29 bits per heavy atom. The number of rotatable bonds is 7. The van der Waals surface area contributed by atoms with Crippen LogP contribution in [0.5, 0.6) is 5.75 Å². The van der Waals surface area contributed by atoms with Crippen molar-refractivity contribution < 1.29 is 17.7 Å². The lowest BCUT2D eigenvalue weighted by Crippen LogP contribution is -2.39. The fourth-order valence-corrected chi connectivity index (χ4v) is 5.12. The van der Waals surface area contributed by atoms with Gasteiger partial charge in [0.25, 0.3) is 5.56 Å². The first kappa shape index (κ1) is 22.0. The van der Waals surface area contributed by atoms with Gasteiger partial charge < -0.3 is 9.30 Å². The highest BCUT2D eigenvalue weighted by Gasteiger charge is 2.27. The van der Waals surface area contributed by atoms with Gasteiger partial charge in [-0.15, -0.1) is 0 Å². The third-order valence-electron chi connectivity index (χ3n) is 6.21. The molecule has 2 aliphatic heterocycles. The number of piperidine rings is 1. The first-order valence-corrected chi connectivity index (χ1v) is 12.1. The van der Waals surface area contributed by atoms with Gasteiger partial charge in [-0.1, -0.05) is 24.3 Å². The van der Waals surface area contributed by atoms with Gasteiger partial charge in [0.05, 0.1) is 6.61 Å². The van der Waals surface area contributed by atoms with Crippen molar-refractivity contribution >= 4 is 10.3 Å². The molecule has 0 bridgehead atoms. The highest BCUT2D eigenvalue weighted by molar-refractivity contribution is 7.83. The molecule has 8 nitrogen and oxygen atoms in total. The molecule has 0 spiro atoms. The van der Waals surface area contributed by atoms with Crippen LogP contribution in [0.1, 0.15) is 36.6 Å². The van der Waals surface area contributed by atoms with E-state index in [1.165, 1.54) is 11.1 Å². The first-order valence-electron chi connectivity index (χ1n) is 10.7. The molecule has 1 aromatic heterocycles. The molecule has 0 aliphatic carbocycles. The second-order valence-electron chi connectivity index (χ2n) is 8.28. The highest BCUT2D eigenvalue weighted by atomic mass is 32.2. The summed E-state index contributed by atoms with van der Waals surface area (Å²) in [7, 11) is -4.13. The van der Waals surface area contributed by atoms with E-state index in [-0.39, 0.29) is 24.6 Å². The molecule has 2 aliphatic rings. The largest absolute Gasteiger partial charge is 0.488 e. The molecule has 4 rings (SSSR count). The van der Waals surface area contributed by atoms with Crippen molar-refractivity contribution in [3.8, 4) is 5.75 Å². The van der Waals surface area contributed by atoms with Crippen LogP contribution in [0.25, 0.3) is 0 Å². The quantitative estimate of drug-likeness (QED) is 0.655. The zero-order valence-electron chi connectivity index (χ0n) is 17.7. The Hall–Kier alpha value is -2.20. The lowest BCUT2D eigenvalue weighted by Gasteiger charge is -2.29. The van der Waals surface area contributed by atoms with E-state index in [4.69, 9.17) is 9.29 Å². The molecule has 0 saturated carbocycles. The molecule has 0 amide bonds. The summed E-state index contributed by atoms with van der Waals surface area (Å²) in [6.07, 6.45) is 1.19. The van der Waals surface area contributed by atoms with Gasteiger partial charge in [0.15, 0.2) is 5.75 Å². The molecule has 168 valence electrons. The number of pyridine rings is 1. The van der Waals surface area contributed by atoms with Gasteiger partial charge in [-0.05, 0) is 48.9 Å². The minimum absolute atomic E-state index is 0.132. The second kappa shape index (κ2) is 9.12. The molecular formula is C22H29N3O5S. The molecule has 0 unspecified atom stereocenters. The van der Waals surface area contributed by atoms with Crippen molar-refractivity contribution in [2.45, 2.75) is 45.9 Å². The van der Waals surface area contributed by atoms with Gasteiger partial charge in [-0.25, -0.2) is 0 Å². The van der Waals surface area contributed by atoms with Crippen LogP contribution in [0, 0.1) is 5.92 Å². The van der Waals surface area contributed by atoms with Crippen molar-refractivity contribution in [3.05, 3.63) is 63.6 Å². The number of aromatic nitrogens is 1. The number of fused-ring (bicyclic) bond motifs is 1. The van der Waals surface area contributed by atoms with Gasteiger partial charge in [0, 0.05) is 45.0 Å². The molecule has 1 saturated heterocycles. The third kappa shape index (κ3) is 5.01. The molecule has 0 radical (unpaired) electrons. The second-order valence-corrected chi connectivity index (χ2v) is 9.70. The number of hydrogen-bond donors (Lipinski definition) is 1. The Kier molecular flexibility index (Phi) is 6.47. The Morgan fingerprint density at radius 2 is 1.71 bits per heavy atom. The smallest absolute Gasteiger partial charge is 0.335 e. The number of ether oxygens (including phenoxy) is 1. The van der Waals surface area contributed by atoms with Crippen LogP contribution >= 0.6 is 0 Å². The number of hydrogen-bond acceptors (Lipinski definition) is 5. The molecule has 2 aromatic rings. The van der Waals surface area contributed by atoms with Crippen LogP contribution in [0.15, 0.2) is 41.2 Å². The van der Waals surface area contributed by atoms with Gasteiger partial charge in [-0.2, -0.15) is 12.7 Å². The average molecular weight is 448 g/mol. The standard InChI is InChI=1S/C22H29N3O5S/c1-2-25-20(15-23-13-18-5-3-4-6-19(18)14-23)7-8-21(22(25)26)30-16-17-9-11-24(12-10-17)31(27,28)29/h3-8,17H,2,9-16H2,1H3,(H,27,28,29). The Morgan fingerprint density at radius 1 is 1.06 bits per heavy atom. The molecule has 0 atom stereocenters. The van der Waals surface area contributed by atoms with Crippen molar-refractivity contribution in [3.63, 3.8) is 0 Å². The molecule has 31 heavy (non-hydrogen) atoms. The average Bonchev–Trinajstić information content (AvgIpc) is 3.15. The third-order valence-corrected chi connectivity index (χ3v) is 7.23. The normalized spacial score (nSPS) is 18.3. The molecule has 1 fully saturated rings. The predicted molar refractivity (Wildman–Crippen MR) is 117 cm³/mol. The van der Waals surface area contributed by atoms with E-state index in [1.807, 2.05) is 13.0 Å². The van der Waals surface area contributed by atoms with Gasteiger partial charge in [-0.3, -0.25) is 14.2 Å². The van der Waals surface area contributed by atoms with Gasteiger partial charge in [0.2, 0.25) is 0 Å². The summed E-state index contributed by atoms with van der Waals surface area (Å²) in [6, 6.07) is 12.1. The molecule has 9 heteroatoms. The molecule has 3 heterocycles. The monoisotopic (exact) mass is 447 g/mol. The maximum Gasteiger partial charge on any atom is 0.335 e. The molecule has 1 aromatic carbocycles. The van der Waals surface area contributed by atoms with E-state index >= 15 is 0 Å². The van der Waals surface area contributed by atoms with E-state index in [9.17, 15) is 13.2 Å². The molecular weight excluding hydrogens is 418 g/mol. The van der Waals surface area contributed by atoms with Crippen LogP contribution < -0.4 is 10.3 Å². The number of benzene rings is 1. The van der Waals surface area contributed by atoms with Crippen molar-refractivity contribution in [2.75, 3.05) is 19.7 Å². The van der Waals surface area contributed by atoms with E-state index in [2.05, 4.69) is 29.2 Å². The summed E-state index contributed by atoms with van der Waals surface area (Å²) >= 11 is 0. The summed E-state index contributed by atoms with van der Waals surface area (Å²) in [5.74, 6) is 0.475. The first-order chi connectivity index (χ1) is 14.8. The summed E-state index contributed by atoms with van der Waals surface area (Å²) in [5.41, 5.74) is 3.52. The van der Waals surface area contributed by atoms with Crippen LogP contribution in [0.2, 0.25) is 0 Å². The van der Waals surface area contributed by atoms with Crippen molar-refractivity contribution in [1.29, 1.82) is 0 Å². The topological polar surface area (TPSA) is 92.1 Å². The van der Waals surface area contributed by atoms with Crippen LogP contribution in [-0.4, -0.2) is 46.4 Å². The minimum Gasteiger partial charge on any atom is -0.488 e. The van der Waals surface area contributed by atoms with Crippen LogP contribution in [-0.2, 0) is 36.5 Å². The fraction of sp³-hybridized carbons (Fsp3) is 0.500. The highest BCUT2D eigenvalue weighted by Crippen LogP contribution is 2.24. The zero-order chi connectivity index (χ0) is 22.0. The lowest BCUT2D eigenvalue weighted by molar-refractivity contribution is 0.177. The fourth-order valence-electron chi connectivity index (χ4n) is 4.45. The van der Waals surface area contributed by atoms with Crippen LogP contribution in [0.4, 0.5) is 0 Å². The Bertz CT molecular complexity index is 1070. The van der Waals surface area contributed by atoms with Crippen molar-refractivity contribution in [2.24, 2.45) is 5.92 Å². The maximum atomic E-state index is 13.0. The zero-order valence-corrected chi connectivity index (χ0v) is 18.6. The summed E-state index contributed by atoms with van der Waals surface area (Å²) < 4.78 is 40.2. The Balaban J connectivity index is 1.38. The van der Waals surface area contributed by atoms with E-state index < -0.39 is 10.3 Å². The van der Waals surface area contributed by atoms with E-state index in [0.717, 1.165) is 23.1 Å². The van der Waals surface area contributed by atoms with E-state index in [1.54, 1.807) is 10.6 Å². The van der Waals surface area contributed by atoms with Crippen LogP contribution in [0.3, 0.4) is 0 Å². The Labute approximate surface area is 182 Å². The summed E-state index contributed by atoms with van der Waals surface area (Å²) in [4.78, 5) is 15.3. The summed E-state index contributed by atoms with van der Waals surface area (Å²) in [6.45, 7) is 5.89. The van der Waals surface area contributed by atoms with E-state index in [0.29, 0.717) is 38.3 Å². The van der Waals surface area contributed by atoms with Gasteiger partial charge >= 0.3 is 10.3 Å². The summed E-state index contributed by atoms with van der Waals surface area (Å²) in [5, 5.41) is 0. The predicted octanol–water partition coefficient (Wildman–Crippen LogP) is 2.28. The minimum atomic E-state index is -4.13. The maximum absolute atomic E-state index is 13.0. The molecule has 1 N–H and O–H groups in total. The van der Waals surface area contributed by atoms with Gasteiger partial charge in [0.1, 0.15) is 0 Å².